The van der Waals surface area contributed by atoms with Crippen molar-refractivity contribution in [3.8, 4) is 0 Å². The summed E-state index contributed by atoms with van der Waals surface area (Å²) in [5.74, 6) is -0.737. The summed E-state index contributed by atoms with van der Waals surface area (Å²) in [6, 6.07) is 6.20. The monoisotopic (exact) mass is 236 g/mol. The molecule has 1 atom stereocenters. The zero-order valence-corrected chi connectivity index (χ0v) is 10.7. The number of rotatable bonds is 6. The zero-order valence-electron chi connectivity index (χ0n) is 10.7. The van der Waals surface area contributed by atoms with Gasteiger partial charge in [-0.15, -0.1) is 0 Å². The van der Waals surface area contributed by atoms with Gasteiger partial charge in [-0.2, -0.15) is 0 Å². The van der Waals surface area contributed by atoms with Crippen molar-refractivity contribution in [2.45, 2.75) is 39.3 Å². The van der Waals surface area contributed by atoms with E-state index in [2.05, 4.69) is 9.88 Å². The van der Waals surface area contributed by atoms with Crippen molar-refractivity contribution in [3.63, 3.8) is 0 Å². The van der Waals surface area contributed by atoms with Gasteiger partial charge >= 0.3 is 5.97 Å². The average molecular weight is 236 g/mol. The molecule has 0 aliphatic carbocycles. The molecule has 0 aliphatic rings. The van der Waals surface area contributed by atoms with Crippen molar-refractivity contribution in [1.82, 2.24) is 9.88 Å². The number of aliphatic carboxylic acids is 1. The molecule has 0 amide bonds. The minimum absolute atomic E-state index is 0.215. The molecule has 4 nitrogen and oxygen atoms in total. The fraction of sp³-hybridized carbons (Fsp3) is 0.538. The van der Waals surface area contributed by atoms with Gasteiger partial charge in [-0.1, -0.05) is 6.07 Å². The summed E-state index contributed by atoms with van der Waals surface area (Å²) < 4.78 is 0. The van der Waals surface area contributed by atoms with Gasteiger partial charge < -0.3 is 5.11 Å². The Morgan fingerprint density at radius 1 is 1.53 bits per heavy atom. The van der Waals surface area contributed by atoms with Gasteiger partial charge in [0.2, 0.25) is 0 Å². The first-order valence-corrected chi connectivity index (χ1v) is 5.83. The van der Waals surface area contributed by atoms with E-state index in [1.54, 1.807) is 0 Å². The highest BCUT2D eigenvalue weighted by Crippen LogP contribution is 2.09. The molecule has 0 saturated carbocycles. The Kier molecular flexibility index (Phi) is 5.10. The van der Waals surface area contributed by atoms with Crippen LogP contribution in [-0.4, -0.2) is 34.0 Å². The molecule has 0 radical (unpaired) electrons. The predicted molar refractivity (Wildman–Crippen MR) is 66.8 cm³/mol. The number of pyridine rings is 1. The lowest BCUT2D eigenvalue weighted by atomic mass is 10.1. The van der Waals surface area contributed by atoms with E-state index in [-0.39, 0.29) is 12.5 Å². The lowest BCUT2D eigenvalue weighted by Crippen LogP contribution is -2.29. The second-order valence-corrected chi connectivity index (χ2v) is 4.47. The minimum Gasteiger partial charge on any atom is -0.481 e. The molecule has 0 spiro atoms. The predicted octanol–water partition coefficient (Wildman–Crippen LogP) is 2.08. The summed E-state index contributed by atoms with van der Waals surface area (Å²) in [6.07, 6.45) is 0.879. The highest BCUT2D eigenvalue weighted by Gasteiger charge is 2.11. The van der Waals surface area contributed by atoms with Crippen molar-refractivity contribution >= 4 is 5.97 Å². The number of carboxylic acid groups (broad SMARTS) is 1. The molecule has 0 aliphatic heterocycles. The normalized spacial score (nSPS) is 12.7. The topological polar surface area (TPSA) is 53.4 Å². The van der Waals surface area contributed by atoms with Crippen LogP contribution >= 0.6 is 0 Å². The number of carbonyl (C=O) groups is 1. The highest BCUT2D eigenvalue weighted by atomic mass is 16.4. The van der Waals surface area contributed by atoms with E-state index in [1.807, 2.05) is 39.1 Å². The van der Waals surface area contributed by atoms with Gasteiger partial charge in [0.25, 0.3) is 0 Å². The highest BCUT2D eigenvalue weighted by molar-refractivity contribution is 5.66. The van der Waals surface area contributed by atoms with Gasteiger partial charge in [0, 0.05) is 24.7 Å². The summed E-state index contributed by atoms with van der Waals surface area (Å²) in [4.78, 5) is 17.1. The molecule has 1 N–H and O–H groups in total. The van der Waals surface area contributed by atoms with Crippen molar-refractivity contribution in [2.75, 3.05) is 7.05 Å². The summed E-state index contributed by atoms with van der Waals surface area (Å²) >= 11 is 0. The van der Waals surface area contributed by atoms with Gasteiger partial charge in [-0.05, 0) is 39.4 Å². The molecule has 4 heteroatoms. The van der Waals surface area contributed by atoms with Gasteiger partial charge in [-0.25, -0.2) is 0 Å². The van der Waals surface area contributed by atoms with Crippen LogP contribution < -0.4 is 0 Å². The molecular weight excluding hydrogens is 216 g/mol. The van der Waals surface area contributed by atoms with Crippen LogP contribution in [0.15, 0.2) is 18.2 Å². The van der Waals surface area contributed by atoms with E-state index in [1.165, 1.54) is 0 Å². The van der Waals surface area contributed by atoms with E-state index >= 15 is 0 Å². The molecule has 1 heterocycles. The molecule has 1 rings (SSSR count). The largest absolute Gasteiger partial charge is 0.481 e. The summed E-state index contributed by atoms with van der Waals surface area (Å²) in [5, 5.41) is 8.64. The number of aryl methyl sites for hydroxylation is 1. The van der Waals surface area contributed by atoms with E-state index in [9.17, 15) is 4.79 Å². The SMILES string of the molecule is Cc1cccc(CN(C)C(C)CCC(=O)O)n1. The Morgan fingerprint density at radius 2 is 2.24 bits per heavy atom. The van der Waals surface area contributed by atoms with Crippen LogP contribution in [0.4, 0.5) is 0 Å². The van der Waals surface area contributed by atoms with E-state index in [0.29, 0.717) is 6.42 Å². The lowest BCUT2D eigenvalue weighted by molar-refractivity contribution is -0.137. The summed E-state index contributed by atoms with van der Waals surface area (Å²) in [7, 11) is 2.00. The number of carboxylic acids is 1. The molecule has 0 aromatic carbocycles. The van der Waals surface area contributed by atoms with Crippen LogP contribution in [0.1, 0.15) is 31.2 Å². The lowest BCUT2D eigenvalue weighted by Gasteiger charge is -2.23. The van der Waals surface area contributed by atoms with E-state index < -0.39 is 5.97 Å². The van der Waals surface area contributed by atoms with Crippen LogP contribution in [0, 0.1) is 6.92 Å². The number of aromatic nitrogens is 1. The van der Waals surface area contributed by atoms with Crippen molar-refractivity contribution in [1.29, 1.82) is 0 Å². The Labute approximate surface area is 102 Å². The van der Waals surface area contributed by atoms with E-state index in [4.69, 9.17) is 5.11 Å². The van der Waals surface area contributed by atoms with Crippen LogP contribution in [-0.2, 0) is 11.3 Å². The molecule has 94 valence electrons. The third-order valence-electron chi connectivity index (χ3n) is 2.89. The van der Waals surface area contributed by atoms with Gasteiger partial charge in [-0.3, -0.25) is 14.7 Å². The number of hydrogen-bond donors (Lipinski definition) is 1. The Hall–Kier alpha value is -1.42. The first-order chi connectivity index (χ1) is 7.99. The third kappa shape index (κ3) is 4.95. The van der Waals surface area contributed by atoms with Gasteiger partial charge in [0.15, 0.2) is 0 Å². The zero-order chi connectivity index (χ0) is 12.8. The maximum absolute atomic E-state index is 10.5. The second kappa shape index (κ2) is 6.35. The maximum Gasteiger partial charge on any atom is 0.303 e. The van der Waals surface area contributed by atoms with Crippen LogP contribution in [0.3, 0.4) is 0 Å². The quantitative estimate of drug-likeness (QED) is 0.821. The molecule has 0 saturated heterocycles. The molecule has 1 aromatic heterocycles. The fourth-order valence-electron chi connectivity index (χ4n) is 1.65. The Bertz CT molecular complexity index is 379. The summed E-state index contributed by atoms with van der Waals surface area (Å²) in [6.45, 7) is 4.76. The standard InChI is InChI=1S/C13H20N2O2/c1-10-5-4-6-12(14-10)9-15(3)11(2)7-8-13(16)17/h4-6,11H,7-9H2,1-3H3,(H,16,17). The van der Waals surface area contributed by atoms with Crippen LogP contribution in [0.25, 0.3) is 0 Å². The first-order valence-electron chi connectivity index (χ1n) is 5.83. The minimum atomic E-state index is -0.737. The number of nitrogens with zero attached hydrogens (tertiary/aromatic N) is 2. The first kappa shape index (κ1) is 13.6. The summed E-state index contributed by atoms with van der Waals surface area (Å²) in [5.41, 5.74) is 2.03. The second-order valence-electron chi connectivity index (χ2n) is 4.47. The van der Waals surface area contributed by atoms with Crippen molar-refractivity contribution in [3.05, 3.63) is 29.6 Å². The van der Waals surface area contributed by atoms with Crippen LogP contribution in [0.5, 0.6) is 0 Å². The average Bonchev–Trinajstić information content (AvgIpc) is 2.25. The number of hydrogen-bond acceptors (Lipinski definition) is 3. The molecule has 0 fully saturated rings. The van der Waals surface area contributed by atoms with Gasteiger partial charge in [0.1, 0.15) is 0 Å². The molecule has 17 heavy (non-hydrogen) atoms. The third-order valence-corrected chi connectivity index (χ3v) is 2.89. The van der Waals surface area contributed by atoms with Crippen molar-refractivity contribution in [2.24, 2.45) is 0 Å². The van der Waals surface area contributed by atoms with Gasteiger partial charge in [0.05, 0.1) is 5.69 Å². The smallest absolute Gasteiger partial charge is 0.303 e. The Balaban J connectivity index is 2.48. The molecule has 1 aromatic rings. The molecule has 0 bridgehead atoms. The van der Waals surface area contributed by atoms with Crippen LogP contribution in [0.2, 0.25) is 0 Å². The van der Waals surface area contributed by atoms with Crippen molar-refractivity contribution < 1.29 is 9.90 Å². The van der Waals surface area contributed by atoms with E-state index in [0.717, 1.165) is 17.9 Å². The maximum atomic E-state index is 10.5. The molecule has 1 unspecified atom stereocenters. The molecular formula is C13H20N2O2. The Morgan fingerprint density at radius 3 is 2.82 bits per heavy atom. The fourth-order valence-corrected chi connectivity index (χ4v) is 1.65.